The highest BCUT2D eigenvalue weighted by Crippen LogP contribution is 2.25. The summed E-state index contributed by atoms with van der Waals surface area (Å²) in [7, 11) is 1.28. The summed E-state index contributed by atoms with van der Waals surface area (Å²) >= 11 is 0. The number of ether oxygens (including phenoxy) is 2. The molecule has 1 atom stereocenters. The molecular weight excluding hydrogens is 444 g/mol. The number of esters is 1. The molecule has 0 aliphatic heterocycles. The lowest BCUT2D eigenvalue weighted by molar-refractivity contribution is -0.142. The SMILES string of the molecule is COC(=O)[C@@H](Cc1cn(C(=O)OC(C)(C)C)c2ccccc12)NC(=O)c1ccc(C(C)(C)C)cc1. The van der Waals surface area contributed by atoms with Crippen molar-refractivity contribution in [2.75, 3.05) is 7.11 Å². The van der Waals surface area contributed by atoms with Crippen molar-refractivity contribution in [3.8, 4) is 0 Å². The number of hydrogen-bond donors (Lipinski definition) is 1. The van der Waals surface area contributed by atoms with E-state index in [4.69, 9.17) is 9.47 Å². The van der Waals surface area contributed by atoms with Crippen molar-refractivity contribution in [3.05, 3.63) is 71.4 Å². The van der Waals surface area contributed by atoms with Gasteiger partial charge in [0, 0.05) is 23.6 Å². The number of para-hydroxylation sites is 1. The Morgan fingerprint density at radius 1 is 0.943 bits per heavy atom. The maximum absolute atomic E-state index is 13.0. The van der Waals surface area contributed by atoms with Crippen molar-refractivity contribution in [2.24, 2.45) is 0 Å². The van der Waals surface area contributed by atoms with Gasteiger partial charge in [-0.15, -0.1) is 0 Å². The second kappa shape index (κ2) is 9.94. The maximum atomic E-state index is 13.0. The van der Waals surface area contributed by atoms with Gasteiger partial charge in [-0.3, -0.25) is 9.36 Å². The molecule has 7 heteroatoms. The second-order valence-electron chi connectivity index (χ2n) is 10.6. The zero-order valence-electron chi connectivity index (χ0n) is 21.5. The van der Waals surface area contributed by atoms with Gasteiger partial charge < -0.3 is 14.8 Å². The Morgan fingerprint density at radius 2 is 1.57 bits per heavy atom. The number of fused-ring (bicyclic) bond motifs is 1. The van der Waals surface area contributed by atoms with E-state index in [0.29, 0.717) is 16.6 Å². The minimum absolute atomic E-state index is 0.0358. The highest BCUT2D eigenvalue weighted by atomic mass is 16.6. The molecule has 35 heavy (non-hydrogen) atoms. The minimum Gasteiger partial charge on any atom is -0.467 e. The average molecular weight is 479 g/mol. The van der Waals surface area contributed by atoms with Crippen molar-refractivity contribution in [3.63, 3.8) is 0 Å². The van der Waals surface area contributed by atoms with E-state index in [1.807, 2.05) is 36.4 Å². The fourth-order valence-electron chi connectivity index (χ4n) is 3.79. The predicted octanol–water partition coefficient (Wildman–Crippen LogP) is 5.24. The molecule has 186 valence electrons. The number of rotatable bonds is 5. The van der Waals surface area contributed by atoms with Gasteiger partial charge in [0.2, 0.25) is 0 Å². The molecule has 0 radical (unpaired) electrons. The van der Waals surface area contributed by atoms with Crippen LogP contribution >= 0.6 is 0 Å². The summed E-state index contributed by atoms with van der Waals surface area (Å²) in [5, 5.41) is 3.58. The number of carbonyl (C=O) groups excluding carboxylic acids is 3. The molecule has 0 spiro atoms. The molecule has 1 N–H and O–H groups in total. The number of hydrogen-bond acceptors (Lipinski definition) is 5. The van der Waals surface area contributed by atoms with Crippen molar-refractivity contribution < 1.29 is 23.9 Å². The highest BCUT2D eigenvalue weighted by Gasteiger charge is 2.26. The summed E-state index contributed by atoms with van der Waals surface area (Å²) in [5.74, 6) is -0.949. The number of nitrogens with zero attached hydrogens (tertiary/aromatic N) is 1. The summed E-state index contributed by atoms with van der Waals surface area (Å²) in [4.78, 5) is 38.4. The van der Waals surface area contributed by atoms with Crippen molar-refractivity contribution in [1.29, 1.82) is 0 Å². The third kappa shape index (κ3) is 6.29. The van der Waals surface area contributed by atoms with Crippen molar-refractivity contribution in [2.45, 2.75) is 65.0 Å². The Kier molecular flexibility index (Phi) is 7.38. The molecule has 0 aliphatic rings. The van der Waals surface area contributed by atoms with E-state index in [2.05, 4.69) is 26.1 Å². The van der Waals surface area contributed by atoms with Gasteiger partial charge in [-0.25, -0.2) is 9.59 Å². The van der Waals surface area contributed by atoms with E-state index < -0.39 is 23.7 Å². The summed E-state index contributed by atoms with van der Waals surface area (Å²) in [6.07, 6.45) is 1.28. The third-order valence-corrected chi connectivity index (χ3v) is 5.61. The summed E-state index contributed by atoms with van der Waals surface area (Å²) < 4.78 is 11.9. The van der Waals surface area contributed by atoms with E-state index in [-0.39, 0.29) is 17.7 Å². The Morgan fingerprint density at radius 3 is 2.14 bits per heavy atom. The minimum atomic E-state index is -0.937. The summed E-state index contributed by atoms with van der Waals surface area (Å²) in [5.41, 5.74) is 2.23. The van der Waals surface area contributed by atoms with Crippen molar-refractivity contribution >= 4 is 28.9 Å². The first kappa shape index (κ1) is 26.0. The fourth-order valence-corrected chi connectivity index (χ4v) is 3.79. The van der Waals surface area contributed by atoms with Crippen LogP contribution in [-0.2, 0) is 26.1 Å². The molecule has 0 saturated heterocycles. The lowest BCUT2D eigenvalue weighted by Gasteiger charge is -2.20. The van der Waals surface area contributed by atoms with Gasteiger partial charge >= 0.3 is 12.1 Å². The number of methoxy groups -OCH3 is 1. The second-order valence-corrected chi connectivity index (χ2v) is 10.6. The van der Waals surface area contributed by atoms with Gasteiger partial charge in [0.15, 0.2) is 0 Å². The van der Waals surface area contributed by atoms with Gasteiger partial charge in [-0.1, -0.05) is 51.1 Å². The van der Waals surface area contributed by atoms with Crippen LogP contribution in [0.3, 0.4) is 0 Å². The van der Waals surface area contributed by atoms with Crippen LogP contribution in [0, 0.1) is 0 Å². The first-order valence-electron chi connectivity index (χ1n) is 11.6. The van der Waals surface area contributed by atoms with Gasteiger partial charge in [0.25, 0.3) is 5.91 Å². The molecule has 2 aromatic carbocycles. The number of carbonyl (C=O) groups is 3. The molecule has 3 aromatic rings. The Balaban J connectivity index is 1.89. The summed E-state index contributed by atoms with van der Waals surface area (Å²) in [6.45, 7) is 11.7. The van der Waals surface area contributed by atoms with Crippen molar-refractivity contribution in [1.82, 2.24) is 9.88 Å². The van der Waals surface area contributed by atoms with Crippen LogP contribution in [0.4, 0.5) is 4.79 Å². The number of aromatic nitrogens is 1. The standard InChI is InChI=1S/C28H34N2O5/c1-27(2,3)20-14-12-18(13-15-20)24(31)29-22(25(32)34-7)16-19-17-30(26(33)35-28(4,5)6)23-11-9-8-10-21(19)23/h8-15,17,22H,16H2,1-7H3,(H,29,31)/t22-/m1/s1. The number of nitrogens with one attached hydrogen (secondary N) is 1. The van der Waals surface area contributed by atoms with E-state index >= 15 is 0 Å². The Labute approximate surface area is 206 Å². The maximum Gasteiger partial charge on any atom is 0.419 e. The number of amides is 1. The van der Waals surface area contributed by atoms with E-state index in [1.165, 1.54) is 11.7 Å². The first-order valence-corrected chi connectivity index (χ1v) is 11.6. The molecule has 0 aliphatic carbocycles. The number of benzene rings is 2. The molecule has 3 rings (SSSR count). The van der Waals surface area contributed by atoms with Crippen LogP contribution in [0.15, 0.2) is 54.7 Å². The van der Waals surface area contributed by atoms with Crippen LogP contribution in [0.5, 0.6) is 0 Å². The molecule has 0 bridgehead atoms. The molecule has 7 nitrogen and oxygen atoms in total. The quantitative estimate of drug-likeness (QED) is 0.507. The molecule has 0 fully saturated rings. The monoisotopic (exact) mass is 478 g/mol. The van der Waals surface area contributed by atoms with Crippen LogP contribution in [0.1, 0.15) is 63.0 Å². The van der Waals surface area contributed by atoms with Crippen LogP contribution in [0.25, 0.3) is 10.9 Å². The zero-order chi connectivity index (χ0) is 26.0. The molecule has 0 saturated carbocycles. The first-order chi connectivity index (χ1) is 16.3. The van der Waals surface area contributed by atoms with E-state index in [9.17, 15) is 14.4 Å². The molecule has 1 amide bonds. The Hall–Kier alpha value is -3.61. The van der Waals surface area contributed by atoms with Crippen LogP contribution in [-0.4, -0.2) is 41.3 Å². The van der Waals surface area contributed by atoms with Gasteiger partial charge in [-0.05, 0) is 55.5 Å². The predicted molar refractivity (Wildman–Crippen MR) is 136 cm³/mol. The average Bonchev–Trinajstić information content (AvgIpc) is 3.15. The zero-order valence-corrected chi connectivity index (χ0v) is 21.5. The third-order valence-electron chi connectivity index (χ3n) is 5.61. The molecule has 1 heterocycles. The normalized spacial score (nSPS) is 12.8. The molecule has 0 unspecified atom stereocenters. The Bertz CT molecular complexity index is 1230. The smallest absolute Gasteiger partial charge is 0.419 e. The largest absolute Gasteiger partial charge is 0.467 e. The van der Waals surface area contributed by atoms with Crippen LogP contribution < -0.4 is 5.32 Å². The molecular formula is C28H34N2O5. The van der Waals surface area contributed by atoms with E-state index in [1.54, 1.807) is 39.1 Å². The van der Waals surface area contributed by atoms with Crippen LogP contribution in [0.2, 0.25) is 0 Å². The fraction of sp³-hybridized carbons (Fsp3) is 0.393. The lowest BCUT2D eigenvalue weighted by atomic mass is 9.86. The topological polar surface area (TPSA) is 86.6 Å². The van der Waals surface area contributed by atoms with Gasteiger partial charge in [-0.2, -0.15) is 0 Å². The van der Waals surface area contributed by atoms with E-state index in [0.717, 1.165) is 10.9 Å². The lowest BCUT2D eigenvalue weighted by Crippen LogP contribution is -2.43. The summed E-state index contributed by atoms with van der Waals surface area (Å²) in [6, 6.07) is 13.7. The molecule has 1 aromatic heterocycles. The van der Waals surface area contributed by atoms with Gasteiger partial charge in [0.05, 0.1) is 12.6 Å². The highest BCUT2D eigenvalue weighted by molar-refractivity contribution is 5.97. The van der Waals surface area contributed by atoms with Gasteiger partial charge in [0.1, 0.15) is 11.6 Å².